The SMILES string of the molecule is C#CCCC1(CCC(=O)NCC2CCCN(CC#N)C2)N=N1. The van der Waals surface area contributed by atoms with Crippen LogP contribution in [0.3, 0.4) is 0 Å². The molecule has 1 amide bonds. The lowest BCUT2D eigenvalue weighted by Crippen LogP contribution is -2.41. The van der Waals surface area contributed by atoms with Crippen LogP contribution in [0.2, 0.25) is 0 Å². The number of likely N-dealkylation sites (tertiary alicyclic amines) is 1. The summed E-state index contributed by atoms with van der Waals surface area (Å²) >= 11 is 0. The standard InChI is InChI=1S/C16H23N5O/c1-2-3-7-16(19-20-16)8-6-15(22)18-12-14-5-4-10-21(13-14)11-9-17/h1,14H,3-8,10-13H2,(H,18,22). The molecule has 0 aromatic rings. The second-order valence-electron chi connectivity index (χ2n) is 6.09. The van der Waals surface area contributed by atoms with Crippen molar-refractivity contribution in [3.63, 3.8) is 0 Å². The lowest BCUT2D eigenvalue weighted by Gasteiger charge is -2.31. The van der Waals surface area contributed by atoms with Gasteiger partial charge >= 0.3 is 0 Å². The van der Waals surface area contributed by atoms with Crippen LogP contribution in [0.25, 0.3) is 0 Å². The molecular formula is C16H23N5O. The number of carbonyl (C=O) groups excluding carboxylic acids is 1. The Kier molecular flexibility index (Phi) is 5.91. The molecule has 0 saturated carbocycles. The van der Waals surface area contributed by atoms with Crippen LogP contribution in [0.4, 0.5) is 0 Å². The van der Waals surface area contributed by atoms with Crippen molar-refractivity contribution >= 4 is 5.91 Å². The molecule has 1 atom stereocenters. The molecule has 1 unspecified atom stereocenters. The van der Waals surface area contributed by atoms with E-state index < -0.39 is 0 Å². The number of piperidine rings is 1. The van der Waals surface area contributed by atoms with Gasteiger partial charge in [0.05, 0.1) is 12.6 Å². The second kappa shape index (κ2) is 7.91. The Hall–Kier alpha value is -1.92. The fourth-order valence-corrected chi connectivity index (χ4v) is 2.89. The number of rotatable bonds is 8. The summed E-state index contributed by atoms with van der Waals surface area (Å²) in [6.45, 7) is 3.04. The first-order valence-corrected chi connectivity index (χ1v) is 7.91. The molecule has 1 fully saturated rings. The maximum atomic E-state index is 11.9. The zero-order valence-corrected chi connectivity index (χ0v) is 12.9. The van der Waals surface area contributed by atoms with E-state index in [2.05, 4.69) is 32.4 Å². The van der Waals surface area contributed by atoms with Gasteiger partial charge in [0.1, 0.15) is 0 Å². The van der Waals surface area contributed by atoms with E-state index in [0.717, 1.165) is 32.4 Å². The third-order valence-electron chi connectivity index (χ3n) is 4.29. The Balaban J connectivity index is 1.62. The number of nitriles is 1. The van der Waals surface area contributed by atoms with Crippen LogP contribution in [0.1, 0.15) is 38.5 Å². The number of nitrogens with one attached hydrogen (secondary N) is 1. The molecule has 1 N–H and O–H groups in total. The van der Waals surface area contributed by atoms with Crippen molar-refractivity contribution in [2.24, 2.45) is 16.1 Å². The van der Waals surface area contributed by atoms with Crippen LogP contribution in [0, 0.1) is 29.6 Å². The van der Waals surface area contributed by atoms with Crippen LogP contribution in [0.5, 0.6) is 0 Å². The average molecular weight is 301 g/mol. The van der Waals surface area contributed by atoms with E-state index >= 15 is 0 Å². The van der Waals surface area contributed by atoms with Gasteiger partial charge in [0.15, 0.2) is 5.66 Å². The Labute approximate surface area is 132 Å². The molecule has 22 heavy (non-hydrogen) atoms. The van der Waals surface area contributed by atoms with Gasteiger partial charge in [-0.2, -0.15) is 15.5 Å². The van der Waals surface area contributed by atoms with Crippen LogP contribution in [-0.2, 0) is 4.79 Å². The summed E-state index contributed by atoms with van der Waals surface area (Å²) in [5, 5.41) is 19.8. The Bertz CT molecular complexity index is 496. The highest BCUT2D eigenvalue weighted by Crippen LogP contribution is 2.37. The van der Waals surface area contributed by atoms with Gasteiger partial charge < -0.3 is 5.32 Å². The van der Waals surface area contributed by atoms with Crippen molar-refractivity contribution in [1.29, 1.82) is 5.26 Å². The molecule has 0 bridgehead atoms. The van der Waals surface area contributed by atoms with Crippen molar-refractivity contribution in [1.82, 2.24) is 10.2 Å². The van der Waals surface area contributed by atoms with Crippen LogP contribution in [0.15, 0.2) is 10.2 Å². The highest BCUT2D eigenvalue weighted by Gasteiger charge is 2.39. The Morgan fingerprint density at radius 1 is 1.45 bits per heavy atom. The normalized spacial score (nSPS) is 22.5. The maximum absolute atomic E-state index is 11.9. The third kappa shape index (κ3) is 5.13. The first-order chi connectivity index (χ1) is 10.7. The number of nitrogens with zero attached hydrogens (tertiary/aromatic N) is 4. The van der Waals surface area contributed by atoms with Gasteiger partial charge in [-0.1, -0.05) is 0 Å². The van der Waals surface area contributed by atoms with Crippen molar-refractivity contribution in [2.75, 3.05) is 26.2 Å². The summed E-state index contributed by atoms with van der Waals surface area (Å²) in [4.78, 5) is 14.1. The monoisotopic (exact) mass is 301 g/mol. The largest absolute Gasteiger partial charge is 0.356 e. The quantitative estimate of drug-likeness (QED) is 0.547. The van der Waals surface area contributed by atoms with E-state index in [1.54, 1.807) is 0 Å². The zero-order valence-electron chi connectivity index (χ0n) is 12.9. The van der Waals surface area contributed by atoms with E-state index in [0.29, 0.717) is 38.3 Å². The first-order valence-electron chi connectivity index (χ1n) is 7.91. The second-order valence-corrected chi connectivity index (χ2v) is 6.09. The van der Waals surface area contributed by atoms with E-state index in [-0.39, 0.29) is 11.6 Å². The van der Waals surface area contributed by atoms with E-state index in [1.807, 2.05) is 0 Å². The van der Waals surface area contributed by atoms with Gasteiger partial charge in [-0.05, 0) is 25.3 Å². The van der Waals surface area contributed by atoms with Crippen LogP contribution in [-0.4, -0.2) is 42.6 Å². The average Bonchev–Trinajstić information content (AvgIpc) is 3.30. The van der Waals surface area contributed by atoms with Crippen molar-refractivity contribution in [2.45, 2.75) is 44.2 Å². The molecule has 118 valence electrons. The summed E-state index contributed by atoms with van der Waals surface area (Å²) in [5.74, 6) is 3.08. The van der Waals surface area contributed by atoms with Gasteiger partial charge in [0.25, 0.3) is 0 Å². The minimum absolute atomic E-state index is 0.0507. The summed E-state index contributed by atoms with van der Waals surface area (Å²) < 4.78 is 0. The Morgan fingerprint density at radius 3 is 2.95 bits per heavy atom. The summed E-state index contributed by atoms with van der Waals surface area (Å²) in [7, 11) is 0. The van der Waals surface area contributed by atoms with Gasteiger partial charge in [-0.25, -0.2) is 0 Å². The molecule has 2 rings (SSSR count). The lowest BCUT2D eigenvalue weighted by atomic mass is 9.97. The topological polar surface area (TPSA) is 80.9 Å². The molecule has 0 aromatic carbocycles. The van der Waals surface area contributed by atoms with Crippen LogP contribution < -0.4 is 5.32 Å². The minimum Gasteiger partial charge on any atom is -0.356 e. The number of terminal acetylenes is 1. The molecule has 6 heteroatoms. The van der Waals surface area contributed by atoms with E-state index in [9.17, 15) is 4.79 Å². The van der Waals surface area contributed by atoms with Gasteiger partial charge in [0, 0.05) is 38.8 Å². The molecular weight excluding hydrogens is 278 g/mol. The molecule has 6 nitrogen and oxygen atoms in total. The molecule has 2 heterocycles. The predicted molar refractivity (Wildman–Crippen MR) is 82.7 cm³/mol. The Morgan fingerprint density at radius 2 is 2.27 bits per heavy atom. The smallest absolute Gasteiger partial charge is 0.220 e. The summed E-state index contributed by atoms with van der Waals surface area (Å²) in [6, 6.07) is 2.19. The molecule has 2 aliphatic heterocycles. The lowest BCUT2D eigenvalue weighted by molar-refractivity contribution is -0.121. The first kappa shape index (κ1) is 16.5. The number of amides is 1. The highest BCUT2D eigenvalue weighted by molar-refractivity contribution is 5.76. The van der Waals surface area contributed by atoms with Gasteiger partial charge in [0.2, 0.25) is 5.91 Å². The van der Waals surface area contributed by atoms with Gasteiger partial charge in [-0.15, -0.1) is 12.3 Å². The van der Waals surface area contributed by atoms with Crippen molar-refractivity contribution < 1.29 is 4.79 Å². The number of hydrogen-bond acceptors (Lipinski definition) is 5. The van der Waals surface area contributed by atoms with Crippen molar-refractivity contribution in [3.05, 3.63) is 0 Å². The van der Waals surface area contributed by atoms with Crippen LogP contribution >= 0.6 is 0 Å². The van der Waals surface area contributed by atoms with Gasteiger partial charge in [-0.3, -0.25) is 9.69 Å². The predicted octanol–water partition coefficient (Wildman–Crippen LogP) is 1.69. The molecule has 0 radical (unpaired) electrons. The zero-order chi connectivity index (χ0) is 15.8. The fourth-order valence-electron chi connectivity index (χ4n) is 2.89. The third-order valence-corrected chi connectivity index (χ3v) is 4.29. The van der Waals surface area contributed by atoms with E-state index in [4.69, 9.17) is 11.7 Å². The van der Waals surface area contributed by atoms with E-state index in [1.165, 1.54) is 0 Å². The maximum Gasteiger partial charge on any atom is 0.220 e. The molecule has 1 saturated heterocycles. The number of hydrogen-bond donors (Lipinski definition) is 1. The molecule has 2 aliphatic rings. The molecule has 0 aromatic heterocycles. The summed E-state index contributed by atoms with van der Waals surface area (Å²) in [5.41, 5.74) is -0.377. The number of carbonyl (C=O) groups is 1. The highest BCUT2D eigenvalue weighted by atomic mass is 16.1. The molecule has 0 aliphatic carbocycles. The van der Waals surface area contributed by atoms with Crippen molar-refractivity contribution in [3.8, 4) is 18.4 Å². The molecule has 0 spiro atoms. The fraction of sp³-hybridized carbons (Fsp3) is 0.750. The minimum atomic E-state index is -0.377. The summed E-state index contributed by atoms with van der Waals surface area (Å²) in [6.07, 6.45) is 9.91.